The van der Waals surface area contributed by atoms with E-state index in [-0.39, 0.29) is 23.5 Å². The van der Waals surface area contributed by atoms with Crippen molar-refractivity contribution in [2.45, 2.75) is 13.0 Å². The van der Waals surface area contributed by atoms with E-state index in [4.69, 9.17) is 4.74 Å². The van der Waals surface area contributed by atoms with Crippen LogP contribution >= 0.6 is 0 Å². The zero-order valence-electron chi connectivity index (χ0n) is 17.5. The number of hydrogen-bond acceptors (Lipinski definition) is 6. The third kappa shape index (κ3) is 4.33. The maximum Gasteiger partial charge on any atom is 0.260 e. The number of rotatable bonds is 1. The number of amides is 1. The van der Waals surface area contributed by atoms with Crippen LogP contribution in [-0.4, -0.2) is 37.2 Å². The molecule has 33 heavy (non-hydrogen) atoms. The molecule has 4 aromatic rings. The van der Waals surface area contributed by atoms with E-state index < -0.39 is 11.7 Å². The highest BCUT2D eigenvalue weighted by Crippen LogP contribution is 2.31. The number of fused-ring (bicyclic) bond motifs is 5. The van der Waals surface area contributed by atoms with Gasteiger partial charge in [0.05, 0.1) is 5.56 Å². The molecule has 4 heterocycles. The highest BCUT2D eigenvalue weighted by atomic mass is 19.1. The molecule has 5 rings (SSSR count). The van der Waals surface area contributed by atoms with E-state index >= 15 is 0 Å². The minimum atomic E-state index is -0.493. The lowest BCUT2D eigenvalue weighted by Crippen LogP contribution is -2.15. The van der Waals surface area contributed by atoms with Crippen molar-refractivity contribution in [1.82, 2.24) is 24.7 Å². The molecule has 0 saturated heterocycles. The second-order valence-corrected chi connectivity index (χ2v) is 7.35. The summed E-state index contributed by atoms with van der Waals surface area (Å²) >= 11 is 0. The lowest BCUT2D eigenvalue weighted by Gasteiger charge is -2.14. The van der Waals surface area contributed by atoms with Gasteiger partial charge in [-0.15, -0.1) is 10.2 Å². The van der Waals surface area contributed by atoms with Gasteiger partial charge in [0.2, 0.25) is 0 Å². The molecular weight excluding hydrogens is 423 g/mol. The molecular formula is C24H19FN6O2. The number of halogens is 1. The summed E-state index contributed by atoms with van der Waals surface area (Å²) in [6.45, 7) is 0.840. The summed E-state index contributed by atoms with van der Waals surface area (Å²) in [5, 5.41) is 10.9. The Hall–Kier alpha value is -4.40. The first kappa shape index (κ1) is 20.5. The standard InChI is InChI=1S/C24H19FN6O2/c25-19-14-21-18(13-17(19)16-7-9-26-10-8-16)24(32)29-22-6-4-5-20(28-22)23-30-27-15-31(23)11-2-1-3-12-33-21/h1,3-10,13-15H,2,11-12H2,(H,28,29,32)/b3-1-. The largest absolute Gasteiger partial charge is 0.489 e. The maximum absolute atomic E-state index is 14.9. The molecule has 164 valence electrons. The van der Waals surface area contributed by atoms with Gasteiger partial charge in [-0.3, -0.25) is 9.78 Å². The van der Waals surface area contributed by atoms with Gasteiger partial charge in [0.15, 0.2) is 5.82 Å². The van der Waals surface area contributed by atoms with E-state index in [0.717, 1.165) is 0 Å². The van der Waals surface area contributed by atoms with E-state index in [1.165, 1.54) is 12.1 Å². The van der Waals surface area contributed by atoms with Crippen molar-refractivity contribution < 1.29 is 13.9 Å². The summed E-state index contributed by atoms with van der Waals surface area (Å²) in [5.41, 5.74) is 1.66. The number of ether oxygens (including phenoxy) is 1. The first-order valence-corrected chi connectivity index (χ1v) is 10.4. The van der Waals surface area contributed by atoms with Crippen LogP contribution in [0, 0.1) is 5.82 Å². The topological polar surface area (TPSA) is 94.8 Å². The van der Waals surface area contributed by atoms with Crippen molar-refractivity contribution in [2.75, 3.05) is 11.9 Å². The lowest BCUT2D eigenvalue weighted by atomic mass is 10.0. The van der Waals surface area contributed by atoms with E-state index in [2.05, 4.69) is 25.5 Å². The summed E-state index contributed by atoms with van der Waals surface area (Å²) < 4.78 is 22.6. The molecule has 0 aliphatic carbocycles. The molecule has 1 amide bonds. The second-order valence-electron chi connectivity index (χ2n) is 7.35. The van der Waals surface area contributed by atoms with Crippen LogP contribution in [0.5, 0.6) is 5.75 Å². The summed E-state index contributed by atoms with van der Waals surface area (Å²) in [5.74, 6) is 0.127. The molecule has 0 saturated carbocycles. The number of anilines is 1. The number of hydrogen-bond donors (Lipinski definition) is 1. The normalized spacial score (nSPS) is 14.6. The third-order valence-electron chi connectivity index (χ3n) is 5.18. The monoisotopic (exact) mass is 442 g/mol. The summed E-state index contributed by atoms with van der Waals surface area (Å²) in [4.78, 5) is 21.7. The van der Waals surface area contributed by atoms with Crippen LogP contribution in [-0.2, 0) is 6.54 Å². The number of allylic oxidation sites excluding steroid dienone is 1. The van der Waals surface area contributed by atoms with Gasteiger partial charge in [-0.1, -0.05) is 18.2 Å². The quantitative estimate of drug-likeness (QED) is 0.446. The fraction of sp³-hybridized carbons (Fsp3) is 0.125. The fourth-order valence-electron chi connectivity index (χ4n) is 3.57. The SMILES string of the molecule is O=C1Nc2cccc(n2)-c2nncn2CC/C=C\COc2cc(F)c(-c3ccncc3)cc21. The summed E-state index contributed by atoms with van der Waals surface area (Å²) in [6, 6.07) is 11.3. The molecule has 0 fully saturated rings. The zero-order valence-corrected chi connectivity index (χ0v) is 17.5. The average molecular weight is 442 g/mol. The van der Waals surface area contributed by atoms with Gasteiger partial charge >= 0.3 is 0 Å². The minimum Gasteiger partial charge on any atom is -0.489 e. The van der Waals surface area contributed by atoms with Crippen molar-refractivity contribution in [3.8, 4) is 28.4 Å². The van der Waals surface area contributed by atoms with Crippen LogP contribution in [0.15, 0.2) is 73.3 Å². The molecule has 0 atom stereocenters. The molecule has 0 spiro atoms. The third-order valence-corrected chi connectivity index (χ3v) is 5.18. The van der Waals surface area contributed by atoms with Gasteiger partial charge in [0, 0.05) is 30.6 Å². The van der Waals surface area contributed by atoms with Gasteiger partial charge in [-0.05, 0) is 42.3 Å². The van der Waals surface area contributed by atoms with Crippen molar-refractivity contribution >= 4 is 11.7 Å². The molecule has 8 nitrogen and oxygen atoms in total. The predicted molar refractivity (Wildman–Crippen MR) is 120 cm³/mol. The Balaban J connectivity index is 1.58. The van der Waals surface area contributed by atoms with Gasteiger partial charge in [0.1, 0.15) is 36.0 Å². The second kappa shape index (κ2) is 8.99. The molecule has 9 heteroatoms. The Kier molecular flexibility index (Phi) is 5.59. The highest BCUT2D eigenvalue weighted by molar-refractivity contribution is 6.06. The number of carbonyl (C=O) groups is 1. The van der Waals surface area contributed by atoms with E-state index in [1.807, 2.05) is 16.7 Å². The zero-order chi connectivity index (χ0) is 22.6. The lowest BCUT2D eigenvalue weighted by molar-refractivity contribution is 0.102. The van der Waals surface area contributed by atoms with Crippen molar-refractivity contribution in [3.05, 3.63) is 84.7 Å². The molecule has 1 N–H and O–H groups in total. The van der Waals surface area contributed by atoms with Gasteiger partial charge in [0.25, 0.3) is 5.91 Å². The van der Waals surface area contributed by atoms with Crippen LogP contribution in [0.4, 0.5) is 10.2 Å². The summed E-state index contributed by atoms with van der Waals surface area (Å²) in [7, 11) is 0. The van der Waals surface area contributed by atoms with E-state index in [9.17, 15) is 9.18 Å². The number of aromatic nitrogens is 5. The number of carbonyl (C=O) groups excluding carboxylic acids is 1. The first-order chi connectivity index (χ1) is 16.2. The number of benzene rings is 1. The average Bonchev–Trinajstić information content (AvgIpc) is 3.30. The van der Waals surface area contributed by atoms with Crippen LogP contribution in [0.25, 0.3) is 22.6 Å². The van der Waals surface area contributed by atoms with Crippen molar-refractivity contribution in [1.29, 1.82) is 0 Å². The number of pyridine rings is 2. The molecule has 1 aliphatic heterocycles. The van der Waals surface area contributed by atoms with Gasteiger partial charge in [-0.25, -0.2) is 9.37 Å². The van der Waals surface area contributed by atoms with E-state index in [1.54, 1.807) is 49.1 Å². The number of nitrogens with one attached hydrogen (secondary N) is 1. The fourth-order valence-corrected chi connectivity index (χ4v) is 3.57. The predicted octanol–water partition coefficient (Wildman–Crippen LogP) is 4.13. The van der Waals surface area contributed by atoms with Gasteiger partial charge < -0.3 is 14.6 Å². The van der Waals surface area contributed by atoms with Crippen LogP contribution in [0.3, 0.4) is 0 Å². The van der Waals surface area contributed by atoms with Crippen molar-refractivity contribution in [2.24, 2.45) is 0 Å². The maximum atomic E-state index is 14.9. The number of aryl methyl sites for hydroxylation is 1. The molecule has 1 aliphatic rings. The molecule has 0 unspecified atom stereocenters. The van der Waals surface area contributed by atoms with Crippen LogP contribution in [0.2, 0.25) is 0 Å². The highest BCUT2D eigenvalue weighted by Gasteiger charge is 2.19. The Morgan fingerprint density at radius 1 is 1.06 bits per heavy atom. The smallest absolute Gasteiger partial charge is 0.260 e. The van der Waals surface area contributed by atoms with E-state index in [0.29, 0.717) is 35.9 Å². The Bertz CT molecular complexity index is 1340. The van der Waals surface area contributed by atoms with Crippen LogP contribution < -0.4 is 10.1 Å². The Labute approximate surface area is 188 Å². The minimum absolute atomic E-state index is 0.149. The molecule has 0 radical (unpaired) electrons. The van der Waals surface area contributed by atoms with Crippen molar-refractivity contribution in [3.63, 3.8) is 0 Å². The van der Waals surface area contributed by atoms with Crippen LogP contribution in [0.1, 0.15) is 16.8 Å². The molecule has 2 bridgehead atoms. The first-order valence-electron chi connectivity index (χ1n) is 10.4. The Morgan fingerprint density at radius 2 is 1.94 bits per heavy atom. The molecule has 1 aromatic carbocycles. The van der Waals surface area contributed by atoms with Gasteiger partial charge in [-0.2, -0.15) is 0 Å². The number of nitrogens with zero attached hydrogens (tertiary/aromatic N) is 5. The summed E-state index contributed by atoms with van der Waals surface area (Å²) in [6.07, 6.45) is 9.28. The Morgan fingerprint density at radius 3 is 2.82 bits per heavy atom. The molecule has 3 aromatic heterocycles.